The number of phenolic OH excluding ortho intramolecular Hbond substituents is 1. The highest BCUT2D eigenvalue weighted by Gasteiger charge is 2.48. The Hall–Kier alpha value is -2.44. The lowest BCUT2D eigenvalue weighted by molar-refractivity contribution is 0.0191. The van der Waals surface area contributed by atoms with Crippen LogP contribution in [0, 0.1) is 11.8 Å². The summed E-state index contributed by atoms with van der Waals surface area (Å²) in [7, 11) is 4.80. The van der Waals surface area contributed by atoms with Gasteiger partial charge in [-0.15, -0.1) is 0 Å². The molecule has 0 saturated carbocycles. The van der Waals surface area contributed by atoms with E-state index in [9.17, 15) is 5.11 Å². The van der Waals surface area contributed by atoms with Gasteiger partial charge in [-0.3, -0.25) is 0 Å². The average Bonchev–Trinajstić information content (AvgIpc) is 3.30. The molecule has 2 aromatic rings. The Balaban J connectivity index is 1.57. The Morgan fingerprint density at radius 2 is 1.26 bits per heavy atom. The molecule has 27 heavy (non-hydrogen) atoms. The Morgan fingerprint density at radius 3 is 1.81 bits per heavy atom. The number of fused-ring (bicyclic) bond motifs is 1. The summed E-state index contributed by atoms with van der Waals surface area (Å²) in [5.74, 6) is 2.48. The topological polar surface area (TPSA) is 66.4 Å². The van der Waals surface area contributed by atoms with Gasteiger partial charge in [-0.1, -0.05) is 12.1 Å². The van der Waals surface area contributed by atoms with E-state index in [1.807, 2.05) is 30.3 Å². The van der Waals surface area contributed by atoms with E-state index in [4.69, 9.17) is 23.7 Å². The van der Waals surface area contributed by atoms with Gasteiger partial charge in [0, 0.05) is 11.8 Å². The van der Waals surface area contributed by atoms with E-state index < -0.39 is 0 Å². The van der Waals surface area contributed by atoms with Crippen molar-refractivity contribution < 1.29 is 28.8 Å². The summed E-state index contributed by atoms with van der Waals surface area (Å²) in [5, 5.41) is 9.84. The van der Waals surface area contributed by atoms with Crippen molar-refractivity contribution in [2.75, 3.05) is 34.5 Å². The minimum absolute atomic E-state index is 0.0428. The number of rotatable bonds is 5. The van der Waals surface area contributed by atoms with Gasteiger partial charge in [-0.05, 0) is 35.4 Å². The molecule has 0 unspecified atom stereocenters. The summed E-state index contributed by atoms with van der Waals surface area (Å²) >= 11 is 0. The van der Waals surface area contributed by atoms with E-state index in [0.29, 0.717) is 30.5 Å². The molecule has 6 heteroatoms. The van der Waals surface area contributed by atoms with Crippen LogP contribution in [-0.2, 0) is 9.47 Å². The standard InChI is InChI=1S/C21H24O6/c1-23-17-7-5-13(9-19(17)25-3)21-15-11-26-20(14(15)10-27-21)12-4-6-16(22)18(8-12)24-2/h4-9,14-15,20-22H,10-11H2,1-3H3/t14-,15-,20-,21-/m1/s1. The van der Waals surface area contributed by atoms with Crippen LogP contribution in [0.3, 0.4) is 0 Å². The predicted molar refractivity (Wildman–Crippen MR) is 98.6 cm³/mol. The lowest BCUT2D eigenvalue weighted by atomic mass is 9.85. The van der Waals surface area contributed by atoms with Gasteiger partial charge in [0.25, 0.3) is 0 Å². The van der Waals surface area contributed by atoms with Crippen LogP contribution in [0.2, 0.25) is 0 Å². The van der Waals surface area contributed by atoms with Gasteiger partial charge < -0.3 is 28.8 Å². The molecule has 0 radical (unpaired) electrons. The predicted octanol–water partition coefficient (Wildman–Crippen LogP) is 3.49. The van der Waals surface area contributed by atoms with E-state index >= 15 is 0 Å². The fourth-order valence-corrected chi connectivity index (χ4v) is 4.14. The number of hydrogen-bond donors (Lipinski definition) is 1. The second kappa shape index (κ2) is 7.29. The molecule has 4 atom stereocenters. The van der Waals surface area contributed by atoms with Crippen molar-refractivity contribution >= 4 is 0 Å². The second-order valence-electron chi connectivity index (χ2n) is 6.88. The number of ether oxygens (including phenoxy) is 5. The first-order valence-corrected chi connectivity index (χ1v) is 8.98. The maximum absolute atomic E-state index is 9.84. The van der Waals surface area contributed by atoms with E-state index in [2.05, 4.69) is 0 Å². The quantitative estimate of drug-likeness (QED) is 0.867. The number of aromatic hydroxyl groups is 1. The van der Waals surface area contributed by atoms with Crippen LogP contribution in [0.1, 0.15) is 23.3 Å². The second-order valence-corrected chi connectivity index (χ2v) is 6.88. The molecule has 1 N–H and O–H groups in total. The summed E-state index contributed by atoms with van der Waals surface area (Å²) in [4.78, 5) is 0. The number of methoxy groups -OCH3 is 3. The van der Waals surface area contributed by atoms with Crippen LogP contribution < -0.4 is 14.2 Å². The summed E-state index contributed by atoms with van der Waals surface area (Å²) in [6.07, 6.45) is -0.117. The van der Waals surface area contributed by atoms with Crippen molar-refractivity contribution in [1.82, 2.24) is 0 Å². The van der Waals surface area contributed by atoms with Crippen LogP contribution in [0.25, 0.3) is 0 Å². The molecule has 0 aromatic heterocycles. The van der Waals surface area contributed by atoms with Crippen LogP contribution in [-0.4, -0.2) is 39.6 Å². The van der Waals surface area contributed by atoms with E-state index in [1.54, 1.807) is 27.4 Å². The average molecular weight is 372 g/mol. The summed E-state index contributed by atoms with van der Waals surface area (Å²) in [5.41, 5.74) is 2.06. The molecule has 2 saturated heterocycles. The van der Waals surface area contributed by atoms with Gasteiger partial charge in [-0.2, -0.15) is 0 Å². The molecule has 0 bridgehead atoms. The third kappa shape index (κ3) is 3.09. The Kier molecular flexibility index (Phi) is 4.85. The Morgan fingerprint density at radius 1 is 0.741 bits per heavy atom. The minimum atomic E-state index is -0.0744. The van der Waals surface area contributed by atoms with Crippen LogP contribution in [0.5, 0.6) is 23.0 Å². The molecule has 0 aliphatic carbocycles. The largest absolute Gasteiger partial charge is 0.504 e. The van der Waals surface area contributed by atoms with Gasteiger partial charge in [0.2, 0.25) is 0 Å². The van der Waals surface area contributed by atoms with Crippen molar-refractivity contribution in [3.8, 4) is 23.0 Å². The minimum Gasteiger partial charge on any atom is -0.504 e. The SMILES string of the molecule is COc1cc([C@H]2OC[C@@H]3[C@H]2CO[C@@H]3c2ccc(OC)c(OC)c2)ccc1O. The van der Waals surface area contributed by atoms with Crippen molar-refractivity contribution in [3.05, 3.63) is 47.5 Å². The van der Waals surface area contributed by atoms with Gasteiger partial charge >= 0.3 is 0 Å². The highest BCUT2D eigenvalue weighted by molar-refractivity contribution is 5.45. The Bertz CT molecular complexity index is 820. The van der Waals surface area contributed by atoms with Crippen LogP contribution >= 0.6 is 0 Å². The summed E-state index contributed by atoms with van der Waals surface area (Å²) < 4.78 is 28.3. The first kappa shape index (κ1) is 17.9. The molecule has 2 fully saturated rings. The van der Waals surface area contributed by atoms with Crippen molar-refractivity contribution in [2.24, 2.45) is 11.8 Å². The Labute approximate surface area is 158 Å². The molecule has 2 heterocycles. The van der Waals surface area contributed by atoms with Crippen LogP contribution in [0.4, 0.5) is 0 Å². The third-order valence-electron chi connectivity index (χ3n) is 5.53. The van der Waals surface area contributed by atoms with Gasteiger partial charge in [-0.25, -0.2) is 0 Å². The van der Waals surface area contributed by atoms with Crippen LogP contribution in [0.15, 0.2) is 36.4 Å². The zero-order chi connectivity index (χ0) is 19.0. The molecule has 4 rings (SSSR count). The van der Waals surface area contributed by atoms with E-state index in [-0.39, 0.29) is 29.8 Å². The molecule has 2 aliphatic rings. The number of benzene rings is 2. The monoisotopic (exact) mass is 372 g/mol. The molecule has 2 aliphatic heterocycles. The van der Waals surface area contributed by atoms with Crippen molar-refractivity contribution in [1.29, 1.82) is 0 Å². The molecule has 144 valence electrons. The highest BCUT2D eigenvalue weighted by Crippen LogP contribution is 2.51. The molecule has 0 amide bonds. The molecule has 0 spiro atoms. The van der Waals surface area contributed by atoms with Gasteiger partial charge in [0.15, 0.2) is 23.0 Å². The highest BCUT2D eigenvalue weighted by atomic mass is 16.5. The van der Waals surface area contributed by atoms with Crippen molar-refractivity contribution in [3.63, 3.8) is 0 Å². The third-order valence-corrected chi connectivity index (χ3v) is 5.53. The van der Waals surface area contributed by atoms with Crippen molar-refractivity contribution in [2.45, 2.75) is 12.2 Å². The number of hydrogen-bond acceptors (Lipinski definition) is 6. The normalized spacial score (nSPS) is 26.6. The zero-order valence-electron chi connectivity index (χ0n) is 15.7. The molecular weight excluding hydrogens is 348 g/mol. The molecule has 2 aromatic carbocycles. The lowest BCUT2D eigenvalue weighted by Crippen LogP contribution is -2.14. The van der Waals surface area contributed by atoms with Gasteiger partial charge in [0.1, 0.15) is 0 Å². The molecule has 6 nitrogen and oxygen atoms in total. The summed E-state index contributed by atoms with van der Waals surface area (Å²) in [6.45, 7) is 1.25. The maximum atomic E-state index is 9.84. The molecular formula is C21H24O6. The fraction of sp³-hybridized carbons (Fsp3) is 0.429. The maximum Gasteiger partial charge on any atom is 0.161 e. The lowest BCUT2D eigenvalue weighted by Gasteiger charge is -2.18. The first-order valence-electron chi connectivity index (χ1n) is 8.98. The fourth-order valence-electron chi connectivity index (χ4n) is 4.14. The first-order chi connectivity index (χ1) is 13.2. The van der Waals surface area contributed by atoms with E-state index in [0.717, 1.165) is 11.1 Å². The van der Waals surface area contributed by atoms with Gasteiger partial charge in [0.05, 0.1) is 46.8 Å². The smallest absolute Gasteiger partial charge is 0.161 e. The summed E-state index contributed by atoms with van der Waals surface area (Å²) in [6, 6.07) is 11.3. The van der Waals surface area contributed by atoms with E-state index in [1.165, 1.54) is 0 Å². The number of phenols is 1. The zero-order valence-corrected chi connectivity index (χ0v) is 15.7.